The van der Waals surface area contributed by atoms with Gasteiger partial charge in [-0.15, -0.1) is 0 Å². The minimum Gasteiger partial charge on any atom is -0.390 e. The Labute approximate surface area is 102 Å². The van der Waals surface area contributed by atoms with E-state index in [1.54, 1.807) is 0 Å². The summed E-state index contributed by atoms with van der Waals surface area (Å²) in [5.74, 6) is 1.32. The van der Waals surface area contributed by atoms with Gasteiger partial charge in [-0.25, -0.2) is 0 Å². The first-order valence-electron chi connectivity index (χ1n) is 7.38. The van der Waals surface area contributed by atoms with Crippen LogP contribution < -0.4 is 0 Å². The zero-order valence-electron chi connectivity index (χ0n) is 11.5. The number of hydrogen-bond donors (Lipinski definition) is 1. The first-order chi connectivity index (χ1) is 7.66. The molecule has 0 aliphatic heterocycles. The molecule has 0 saturated heterocycles. The predicted octanol–water partition coefficient (Wildman–Crippen LogP) is 4.53. The molecule has 0 bridgehead atoms. The van der Waals surface area contributed by atoms with Crippen LogP contribution in [0.1, 0.15) is 78.6 Å². The van der Waals surface area contributed by atoms with Gasteiger partial charge in [0.1, 0.15) is 0 Å². The summed E-state index contributed by atoms with van der Waals surface area (Å²) in [6.07, 6.45) is 10.9. The molecular weight excluding hydrogens is 196 g/mol. The maximum Gasteiger partial charge on any atom is 0.0678 e. The lowest BCUT2D eigenvalue weighted by molar-refractivity contribution is -0.0225. The first-order valence-corrected chi connectivity index (χ1v) is 7.38. The molecule has 16 heavy (non-hydrogen) atoms. The molecule has 1 nitrogen and oxygen atoms in total. The summed E-state index contributed by atoms with van der Waals surface area (Å²) in [6.45, 7) is 6.76. The molecular formula is C15H30O. The van der Waals surface area contributed by atoms with E-state index in [-0.39, 0.29) is 5.60 Å². The molecule has 1 rings (SSSR count). The third-order valence-corrected chi connectivity index (χ3v) is 4.60. The molecule has 0 radical (unpaired) electrons. The maximum absolute atomic E-state index is 10.8. The molecule has 1 fully saturated rings. The van der Waals surface area contributed by atoms with Crippen LogP contribution in [0, 0.1) is 11.8 Å². The van der Waals surface area contributed by atoms with Gasteiger partial charge in [0.05, 0.1) is 5.60 Å². The van der Waals surface area contributed by atoms with Crippen LogP contribution in [0.25, 0.3) is 0 Å². The Hall–Kier alpha value is -0.0400. The second-order valence-corrected chi connectivity index (χ2v) is 5.72. The summed E-state index contributed by atoms with van der Waals surface area (Å²) in [6, 6.07) is 0. The van der Waals surface area contributed by atoms with Crippen LogP contribution in [0.3, 0.4) is 0 Å². The molecule has 0 heterocycles. The Morgan fingerprint density at radius 1 is 1.31 bits per heavy atom. The van der Waals surface area contributed by atoms with Crippen molar-refractivity contribution in [2.45, 2.75) is 84.2 Å². The number of hydrogen-bond acceptors (Lipinski definition) is 1. The third kappa shape index (κ3) is 3.48. The monoisotopic (exact) mass is 226 g/mol. The summed E-state index contributed by atoms with van der Waals surface area (Å²) < 4.78 is 0. The van der Waals surface area contributed by atoms with Gasteiger partial charge in [-0.05, 0) is 31.1 Å². The van der Waals surface area contributed by atoms with Crippen molar-refractivity contribution in [1.29, 1.82) is 0 Å². The van der Waals surface area contributed by atoms with Gasteiger partial charge < -0.3 is 5.11 Å². The molecule has 0 spiro atoms. The van der Waals surface area contributed by atoms with Crippen molar-refractivity contribution >= 4 is 0 Å². The quantitative estimate of drug-likeness (QED) is 0.676. The standard InChI is InChI=1S/C15H30O/c1-4-7-9-13(5-2)12-15(16)11-8-10-14(15)6-3/h13-14,16H,4-12H2,1-3H3. The molecule has 3 unspecified atom stereocenters. The highest BCUT2D eigenvalue weighted by Crippen LogP contribution is 2.43. The smallest absolute Gasteiger partial charge is 0.0678 e. The van der Waals surface area contributed by atoms with Gasteiger partial charge in [0.15, 0.2) is 0 Å². The number of aliphatic hydroxyl groups is 1. The predicted molar refractivity (Wildman–Crippen MR) is 70.5 cm³/mol. The van der Waals surface area contributed by atoms with Crippen LogP contribution >= 0.6 is 0 Å². The van der Waals surface area contributed by atoms with E-state index in [1.165, 1.54) is 38.5 Å². The minimum absolute atomic E-state index is 0.316. The molecule has 0 aromatic carbocycles. The van der Waals surface area contributed by atoms with Gasteiger partial charge in [0.2, 0.25) is 0 Å². The highest BCUT2D eigenvalue weighted by molar-refractivity contribution is 4.92. The third-order valence-electron chi connectivity index (χ3n) is 4.60. The van der Waals surface area contributed by atoms with Gasteiger partial charge in [-0.2, -0.15) is 0 Å². The SMILES string of the molecule is CCCCC(CC)CC1(O)CCCC1CC. The van der Waals surface area contributed by atoms with Crippen molar-refractivity contribution in [1.82, 2.24) is 0 Å². The van der Waals surface area contributed by atoms with E-state index in [0.29, 0.717) is 5.92 Å². The first kappa shape index (κ1) is 14.0. The van der Waals surface area contributed by atoms with Crippen LogP contribution in [0.2, 0.25) is 0 Å². The molecule has 1 aliphatic rings. The van der Waals surface area contributed by atoms with E-state index in [9.17, 15) is 5.11 Å². The van der Waals surface area contributed by atoms with Gasteiger partial charge in [-0.3, -0.25) is 0 Å². The minimum atomic E-state index is -0.316. The maximum atomic E-state index is 10.8. The van der Waals surface area contributed by atoms with Gasteiger partial charge in [-0.1, -0.05) is 59.3 Å². The summed E-state index contributed by atoms with van der Waals surface area (Å²) in [7, 11) is 0. The highest BCUT2D eigenvalue weighted by Gasteiger charge is 2.40. The molecule has 96 valence electrons. The Morgan fingerprint density at radius 2 is 2.06 bits per heavy atom. The topological polar surface area (TPSA) is 20.2 Å². The van der Waals surface area contributed by atoms with Crippen molar-refractivity contribution < 1.29 is 5.11 Å². The van der Waals surface area contributed by atoms with Crippen molar-refractivity contribution in [3.8, 4) is 0 Å². The molecule has 1 N–H and O–H groups in total. The van der Waals surface area contributed by atoms with E-state index in [2.05, 4.69) is 20.8 Å². The van der Waals surface area contributed by atoms with Crippen LogP contribution in [-0.4, -0.2) is 10.7 Å². The molecule has 0 aromatic heterocycles. The lowest BCUT2D eigenvalue weighted by atomic mass is 9.79. The van der Waals surface area contributed by atoms with Crippen LogP contribution in [-0.2, 0) is 0 Å². The number of unbranched alkanes of at least 4 members (excludes halogenated alkanes) is 1. The second kappa shape index (κ2) is 6.64. The van der Waals surface area contributed by atoms with E-state index < -0.39 is 0 Å². The average Bonchev–Trinajstić information content (AvgIpc) is 2.65. The van der Waals surface area contributed by atoms with Crippen LogP contribution in [0.4, 0.5) is 0 Å². The molecule has 3 atom stereocenters. The lowest BCUT2D eigenvalue weighted by Crippen LogP contribution is -2.35. The Kier molecular flexibility index (Phi) is 5.82. The lowest BCUT2D eigenvalue weighted by Gasteiger charge is -2.33. The average molecular weight is 226 g/mol. The van der Waals surface area contributed by atoms with Crippen LogP contribution in [0.5, 0.6) is 0 Å². The zero-order chi connectivity index (χ0) is 12.0. The summed E-state index contributed by atoms with van der Waals surface area (Å²) in [5, 5.41) is 10.8. The molecule has 0 amide bonds. The highest BCUT2D eigenvalue weighted by atomic mass is 16.3. The van der Waals surface area contributed by atoms with E-state index in [1.807, 2.05) is 0 Å². The van der Waals surface area contributed by atoms with Gasteiger partial charge >= 0.3 is 0 Å². The summed E-state index contributed by atoms with van der Waals surface area (Å²) in [5.41, 5.74) is -0.316. The molecule has 0 aromatic rings. The number of rotatable bonds is 7. The van der Waals surface area contributed by atoms with E-state index in [0.717, 1.165) is 25.2 Å². The van der Waals surface area contributed by atoms with E-state index in [4.69, 9.17) is 0 Å². The molecule has 1 aliphatic carbocycles. The largest absolute Gasteiger partial charge is 0.390 e. The van der Waals surface area contributed by atoms with Crippen LogP contribution in [0.15, 0.2) is 0 Å². The van der Waals surface area contributed by atoms with Crippen molar-refractivity contribution in [3.05, 3.63) is 0 Å². The fourth-order valence-electron chi connectivity index (χ4n) is 3.42. The molecule has 1 heteroatoms. The van der Waals surface area contributed by atoms with Crippen molar-refractivity contribution in [2.75, 3.05) is 0 Å². The Morgan fingerprint density at radius 3 is 2.62 bits per heavy atom. The summed E-state index contributed by atoms with van der Waals surface area (Å²) in [4.78, 5) is 0. The summed E-state index contributed by atoms with van der Waals surface area (Å²) >= 11 is 0. The Balaban J connectivity index is 2.48. The fourth-order valence-corrected chi connectivity index (χ4v) is 3.42. The molecule has 1 saturated carbocycles. The van der Waals surface area contributed by atoms with Crippen molar-refractivity contribution in [2.24, 2.45) is 11.8 Å². The van der Waals surface area contributed by atoms with Gasteiger partial charge in [0.25, 0.3) is 0 Å². The van der Waals surface area contributed by atoms with E-state index >= 15 is 0 Å². The van der Waals surface area contributed by atoms with Gasteiger partial charge in [0, 0.05) is 0 Å². The zero-order valence-corrected chi connectivity index (χ0v) is 11.5. The normalized spacial score (nSPS) is 31.9. The fraction of sp³-hybridized carbons (Fsp3) is 1.00. The van der Waals surface area contributed by atoms with Crippen molar-refractivity contribution in [3.63, 3.8) is 0 Å². The second-order valence-electron chi connectivity index (χ2n) is 5.72. The Bertz CT molecular complexity index is 190.